The highest BCUT2D eigenvalue weighted by atomic mass is 79.9. The van der Waals surface area contributed by atoms with Gasteiger partial charge in [-0.2, -0.15) is 0 Å². The van der Waals surface area contributed by atoms with E-state index in [-0.39, 0.29) is 5.54 Å². The minimum atomic E-state index is -0.239. The predicted molar refractivity (Wildman–Crippen MR) is 77.3 cm³/mol. The van der Waals surface area contributed by atoms with E-state index < -0.39 is 0 Å². The van der Waals surface area contributed by atoms with E-state index in [1.165, 1.54) is 0 Å². The van der Waals surface area contributed by atoms with Gasteiger partial charge < -0.3 is 5.32 Å². The molecule has 2 aromatic rings. The molecular formula is C14H16BrN3. The molecule has 0 aliphatic heterocycles. The highest BCUT2D eigenvalue weighted by Crippen LogP contribution is 2.27. The van der Waals surface area contributed by atoms with Gasteiger partial charge in [-0.1, -0.05) is 34.1 Å². The van der Waals surface area contributed by atoms with Gasteiger partial charge in [-0.3, -0.25) is 0 Å². The molecule has 1 aromatic heterocycles. The molecule has 1 aromatic carbocycles. The monoisotopic (exact) mass is 305 g/mol. The van der Waals surface area contributed by atoms with E-state index in [0.29, 0.717) is 0 Å². The molecule has 4 heteroatoms. The summed E-state index contributed by atoms with van der Waals surface area (Å²) >= 11 is 3.55. The number of benzene rings is 1. The van der Waals surface area contributed by atoms with Gasteiger partial charge in [0.15, 0.2) is 0 Å². The third kappa shape index (κ3) is 2.60. The summed E-state index contributed by atoms with van der Waals surface area (Å²) < 4.78 is 1.04. The van der Waals surface area contributed by atoms with Crippen molar-refractivity contribution in [1.82, 2.24) is 15.3 Å². The Hall–Kier alpha value is -1.26. The molecule has 0 radical (unpaired) electrons. The lowest BCUT2D eigenvalue weighted by Gasteiger charge is -2.22. The van der Waals surface area contributed by atoms with E-state index in [9.17, 15) is 0 Å². The number of hydrogen-bond acceptors (Lipinski definition) is 3. The van der Waals surface area contributed by atoms with Crippen LogP contribution >= 0.6 is 15.9 Å². The fourth-order valence-electron chi connectivity index (χ4n) is 1.59. The second-order valence-corrected chi connectivity index (χ2v) is 5.47. The van der Waals surface area contributed by atoms with Crippen LogP contribution in [-0.2, 0) is 5.54 Å². The van der Waals surface area contributed by atoms with E-state index in [1.807, 2.05) is 37.4 Å². The SMILES string of the molecule is CNC(C)(C)c1nccc(-c2ccccc2Br)n1. The second kappa shape index (κ2) is 5.16. The molecule has 1 heterocycles. The second-order valence-electron chi connectivity index (χ2n) is 4.62. The molecule has 0 unspecified atom stereocenters. The quantitative estimate of drug-likeness (QED) is 0.945. The van der Waals surface area contributed by atoms with Crippen molar-refractivity contribution in [1.29, 1.82) is 0 Å². The molecule has 0 aliphatic rings. The molecule has 0 fully saturated rings. The smallest absolute Gasteiger partial charge is 0.148 e. The number of halogens is 1. The van der Waals surface area contributed by atoms with Crippen LogP contribution in [-0.4, -0.2) is 17.0 Å². The standard InChI is InChI=1S/C14H16BrN3/c1-14(2,16-3)13-17-9-8-12(18-13)10-6-4-5-7-11(10)15/h4-9,16H,1-3H3. The lowest BCUT2D eigenvalue weighted by molar-refractivity contribution is 0.417. The normalized spacial score (nSPS) is 11.6. The summed E-state index contributed by atoms with van der Waals surface area (Å²) in [5, 5.41) is 3.21. The maximum Gasteiger partial charge on any atom is 0.148 e. The number of rotatable bonds is 3. The van der Waals surface area contributed by atoms with Crippen molar-refractivity contribution in [3.05, 3.63) is 46.8 Å². The Bertz CT molecular complexity index is 552. The first-order valence-corrected chi connectivity index (χ1v) is 6.61. The molecular weight excluding hydrogens is 290 g/mol. The van der Waals surface area contributed by atoms with Crippen molar-refractivity contribution < 1.29 is 0 Å². The van der Waals surface area contributed by atoms with Gasteiger partial charge >= 0.3 is 0 Å². The van der Waals surface area contributed by atoms with Gasteiger partial charge in [0.1, 0.15) is 5.82 Å². The summed E-state index contributed by atoms with van der Waals surface area (Å²) in [6.45, 7) is 4.12. The largest absolute Gasteiger partial charge is 0.308 e. The van der Waals surface area contributed by atoms with Gasteiger partial charge in [0.05, 0.1) is 11.2 Å². The fourth-order valence-corrected chi connectivity index (χ4v) is 2.08. The number of nitrogens with one attached hydrogen (secondary N) is 1. The molecule has 0 spiro atoms. The predicted octanol–water partition coefficient (Wildman–Crippen LogP) is 3.36. The molecule has 0 saturated carbocycles. The van der Waals surface area contributed by atoms with Crippen molar-refractivity contribution in [3.63, 3.8) is 0 Å². The molecule has 0 aliphatic carbocycles. The Morgan fingerprint density at radius 1 is 1.17 bits per heavy atom. The Balaban J connectivity index is 2.49. The minimum absolute atomic E-state index is 0.239. The molecule has 0 bridgehead atoms. The fraction of sp³-hybridized carbons (Fsp3) is 0.286. The van der Waals surface area contributed by atoms with E-state index in [4.69, 9.17) is 0 Å². The van der Waals surface area contributed by atoms with Crippen molar-refractivity contribution >= 4 is 15.9 Å². The Labute approximate surface area is 116 Å². The molecule has 0 atom stereocenters. The minimum Gasteiger partial charge on any atom is -0.308 e. The number of nitrogens with zero attached hydrogens (tertiary/aromatic N) is 2. The molecule has 2 rings (SSSR count). The van der Waals surface area contributed by atoms with E-state index >= 15 is 0 Å². The van der Waals surface area contributed by atoms with Crippen molar-refractivity contribution in [2.75, 3.05) is 7.05 Å². The van der Waals surface area contributed by atoms with Crippen LogP contribution in [0.5, 0.6) is 0 Å². The molecule has 94 valence electrons. The summed E-state index contributed by atoms with van der Waals surface area (Å²) in [4.78, 5) is 8.99. The van der Waals surface area contributed by atoms with E-state index in [0.717, 1.165) is 21.6 Å². The third-order valence-electron chi connectivity index (χ3n) is 2.99. The van der Waals surface area contributed by atoms with Gasteiger partial charge in [-0.05, 0) is 33.0 Å². The molecule has 1 N–H and O–H groups in total. The number of aromatic nitrogens is 2. The summed E-state index contributed by atoms with van der Waals surface area (Å²) in [5.74, 6) is 0.790. The summed E-state index contributed by atoms with van der Waals surface area (Å²) in [5.41, 5.74) is 1.76. The van der Waals surface area contributed by atoms with Crippen LogP contribution in [0.3, 0.4) is 0 Å². The van der Waals surface area contributed by atoms with Gasteiger partial charge in [0.25, 0.3) is 0 Å². The molecule has 0 saturated heterocycles. The zero-order valence-corrected chi connectivity index (χ0v) is 12.3. The van der Waals surface area contributed by atoms with Crippen LogP contribution in [0.2, 0.25) is 0 Å². The van der Waals surface area contributed by atoms with Crippen LogP contribution < -0.4 is 5.32 Å². The first-order chi connectivity index (χ1) is 8.54. The first-order valence-electron chi connectivity index (χ1n) is 5.82. The van der Waals surface area contributed by atoms with Crippen LogP contribution in [0.15, 0.2) is 41.0 Å². The van der Waals surface area contributed by atoms with Crippen molar-refractivity contribution in [3.8, 4) is 11.3 Å². The Morgan fingerprint density at radius 3 is 2.56 bits per heavy atom. The Morgan fingerprint density at radius 2 is 1.89 bits per heavy atom. The zero-order valence-electron chi connectivity index (χ0n) is 10.7. The van der Waals surface area contributed by atoms with Crippen LogP contribution in [0.4, 0.5) is 0 Å². The van der Waals surface area contributed by atoms with Crippen molar-refractivity contribution in [2.45, 2.75) is 19.4 Å². The van der Waals surface area contributed by atoms with E-state index in [2.05, 4.69) is 45.1 Å². The maximum atomic E-state index is 4.64. The van der Waals surface area contributed by atoms with Crippen molar-refractivity contribution in [2.24, 2.45) is 0 Å². The molecule has 18 heavy (non-hydrogen) atoms. The average Bonchev–Trinajstić information content (AvgIpc) is 2.39. The number of hydrogen-bond donors (Lipinski definition) is 1. The summed E-state index contributed by atoms with van der Waals surface area (Å²) in [6.07, 6.45) is 1.80. The van der Waals surface area contributed by atoms with Crippen LogP contribution in [0, 0.1) is 0 Å². The van der Waals surface area contributed by atoms with Gasteiger partial charge in [0.2, 0.25) is 0 Å². The van der Waals surface area contributed by atoms with Gasteiger partial charge in [-0.25, -0.2) is 9.97 Å². The maximum absolute atomic E-state index is 4.64. The topological polar surface area (TPSA) is 37.8 Å². The highest BCUT2D eigenvalue weighted by molar-refractivity contribution is 9.10. The molecule has 3 nitrogen and oxygen atoms in total. The van der Waals surface area contributed by atoms with Crippen LogP contribution in [0.1, 0.15) is 19.7 Å². The average molecular weight is 306 g/mol. The first kappa shape index (κ1) is 13.2. The van der Waals surface area contributed by atoms with Gasteiger partial charge in [-0.15, -0.1) is 0 Å². The zero-order chi connectivity index (χ0) is 13.2. The lowest BCUT2D eigenvalue weighted by Crippen LogP contribution is -2.35. The van der Waals surface area contributed by atoms with Gasteiger partial charge in [0, 0.05) is 16.2 Å². The van der Waals surface area contributed by atoms with E-state index in [1.54, 1.807) is 6.20 Å². The summed E-state index contributed by atoms with van der Waals surface area (Å²) in [7, 11) is 1.91. The highest BCUT2D eigenvalue weighted by Gasteiger charge is 2.21. The summed E-state index contributed by atoms with van der Waals surface area (Å²) in [6, 6.07) is 9.98. The Kier molecular flexibility index (Phi) is 3.78. The molecule has 0 amide bonds. The third-order valence-corrected chi connectivity index (χ3v) is 3.68. The van der Waals surface area contributed by atoms with Crippen LogP contribution in [0.25, 0.3) is 11.3 Å². The lowest BCUT2D eigenvalue weighted by atomic mass is 10.0.